The molecule has 1 aromatic carbocycles. The number of nitrogens with one attached hydrogen (secondary N) is 1. The van der Waals surface area contributed by atoms with Crippen molar-refractivity contribution in [2.75, 3.05) is 26.2 Å². The molecule has 2 nitrogen and oxygen atoms in total. The number of benzene rings is 1. The van der Waals surface area contributed by atoms with Gasteiger partial charge in [-0.05, 0) is 18.6 Å². The molecule has 19 heavy (non-hydrogen) atoms. The molecular weight excluding hydrogens is 286 g/mol. The number of rotatable bonds is 3. The summed E-state index contributed by atoms with van der Waals surface area (Å²) in [5, 5.41) is 3.80. The van der Waals surface area contributed by atoms with Gasteiger partial charge in [0.2, 0.25) is 0 Å². The van der Waals surface area contributed by atoms with Crippen LogP contribution in [-0.4, -0.2) is 31.1 Å². The lowest BCUT2D eigenvalue weighted by Crippen LogP contribution is -2.44. The smallest absolute Gasteiger partial charge is 0.129 e. The minimum atomic E-state index is -0.256. The zero-order chi connectivity index (χ0) is 13.1. The minimum Gasteiger partial charge on any atom is -0.314 e. The molecule has 0 amide bonds. The van der Waals surface area contributed by atoms with Crippen LogP contribution in [0.4, 0.5) is 4.39 Å². The van der Waals surface area contributed by atoms with E-state index in [1.165, 1.54) is 6.07 Å². The highest BCUT2D eigenvalue weighted by atomic mass is 35.5. The second-order valence-corrected chi connectivity index (χ2v) is 4.94. The van der Waals surface area contributed by atoms with E-state index in [4.69, 9.17) is 11.6 Å². The van der Waals surface area contributed by atoms with E-state index >= 15 is 0 Å². The van der Waals surface area contributed by atoms with Gasteiger partial charge in [0.15, 0.2) is 0 Å². The SMILES string of the molecule is C=C[C@H](c1c(F)ccc(C)c1Cl)N1CCNCC1.Cl. The molecule has 1 N–H and O–H groups in total. The van der Waals surface area contributed by atoms with Crippen molar-refractivity contribution < 1.29 is 4.39 Å². The maximum atomic E-state index is 14.0. The molecule has 1 saturated heterocycles. The standard InChI is InChI=1S/C14H18ClFN2.ClH/c1-3-12(18-8-6-17-7-9-18)13-11(16)5-4-10(2)14(13)15;/h3-5,12,17H,1,6-9H2,2H3;1H/t12-;/m1./s1. The van der Waals surface area contributed by atoms with Crippen molar-refractivity contribution in [3.8, 4) is 0 Å². The summed E-state index contributed by atoms with van der Waals surface area (Å²) in [6.45, 7) is 9.30. The molecule has 0 saturated carbocycles. The fraction of sp³-hybridized carbons (Fsp3) is 0.429. The first-order valence-electron chi connectivity index (χ1n) is 6.17. The van der Waals surface area contributed by atoms with Gasteiger partial charge in [0.25, 0.3) is 0 Å². The molecule has 0 unspecified atom stereocenters. The predicted octanol–water partition coefficient (Wildman–Crippen LogP) is 3.34. The van der Waals surface area contributed by atoms with Gasteiger partial charge in [-0.2, -0.15) is 0 Å². The molecule has 0 bridgehead atoms. The molecule has 5 heteroatoms. The van der Waals surface area contributed by atoms with E-state index in [0.717, 1.165) is 31.7 Å². The summed E-state index contributed by atoms with van der Waals surface area (Å²) in [7, 11) is 0. The van der Waals surface area contributed by atoms with Crippen molar-refractivity contribution in [3.05, 3.63) is 46.8 Å². The van der Waals surface area contributed by atoms with Gasteiger partial charge in [-0.15, -0.1) is 19.0 Å². The quantitative estimate of drug-likeness (QED) is 0.862. The molecular formula is C14H19Cl2FN2. The first-order valence-corrected chi connectivity index (χ1v) is 6.54. The molecule has 2 rings (SSSR count). The molecule has 0 spiro atoms. The van der Waals surface area contributed by atoms with E-state index in [1.54, 1.807) is 12.1 Å². The number of nitrogens with zero attached hydrogens (tertiary/aromatic N) is 1. The van der Waals surface area contributed by atoms with Crippen molar-refractivity contribution in [3.63, 3.8) is 0 Å². The third kappa shape index (κ3) is 3.48. The van der Waals surface area contributed by atoms with E-state index < -0.39 is 0 Å². The highest BCUT2D eigenvalue weighted by Gasteiger charge is 2.24. The Morgan fingerprint density at radius 2 is 2.05 bits per heavy atom. The van der Waals surface area contributed by atoms with Crippen molar-refractivity contribution in [1.29, 1.82) is 0 Å². The highest BCUT2D eigenvalue weighted by Crippen LogP contribution is 2.33. The van der Waals surface area contributed by atoms with Gasteiger partial charge in [-0.1, -0.05) is 23.7 Å². The lowest BCUT2D eigenvalue weighted by Gasteiger charge is -2.34. The van der Waals surface area contributed by atoms with Gasteiger partial charge in [-0.25, -0.2) is 4.39 Å². The van der Waals surface area contributed by atoms with Crippen LogP contribution in [0.5, 0.6) is 0 Å². The van der Waals surface area contributed by atoms with Crippen molar-refractivity contribution in [1.82, 2.24) is 10.2 Å². The zero-order valence-electron chi connectivity index (χ0n) is 11.0. The maximum absolute atomic E-state index is 14.0. The molecule has 1 atom stereocenters. The summed E-state index contributed by atoms with van der Waals surface area (Å²) in [6.07, 6.45) is 1.77. The predicted molar refractivity (Wildman–Crippen MR) is 80.8 cm³/mol. The summed E-state index contributed by atoms with van der Waals surface area (Å²) in [6, 6.07) is 3.04. The van der Waals surface area contributed by atoms with E-state index in [1.807, 2.05) is 6.92 Å². The number of hydrogen-bond acceptors (Lipinski definition) is 2. The molecule has 0 aliphatic carbocycles. The molecule has 1 aromatic rings. The van der Waals surface area contributed by atoms with Gasteiger partial charge in [0, 0.05) is 31.7 Å². The molecule has 1 heterocycles. The molecule has 106 valence electrons. The third-order valence-corrected chi connectivity index (χ3v) is 3.89. The van der Waals surface area contributed by atoms with Crippen molar-refractivity contribution >= 4 is 24.0 Å². The lowest BCUT2D eigenvalue weighted by molar-refractivity contribution is 0.200. The van der Waals surface area contributed by atoms with Crippen molar-refractivity contribution in [2.45, 2.75) is 13.0 Å². The zero-order valence-corrected chi connectivity index (χ0v) is 12.5. The average Bonchev–Trinajstić information content (AvgIpc) is 2.40. The summed E-state index contributed by atoms with van der Waals surface area (Å²) in [5.74, 6) is -0.256. The molecule has 0 aromatic heterocycles. The summed E-state index contributed by atoms with van der Waals surface area (Å²) >= 11 is 6.26. The molecule has 1 aliphatic heterocycles. The maximum Gasteiger partial charge on any atom is 0.129 e. The Morgan fingerprint density at radius 3 is 2.63 bits per heavy atom. The fourth-order valence-electron chi connectivity index (χ4n) is 2.36. The summed E-state index contributed by atoms with van der Waals surface area (Å²) in [4.78, 5) is 2.20. The summed E-state index contributed by atoms with van der Waals surface area (Å²) in [5.41, 5.74) is 1.45. The van der Waals surface area contributed by atoms with E-state index in [2.05, 4.69) is 16.8 Å². The number of hydrogen-bond donors (Lipinski definition) is 1. The number of aryl methyl sites for hydroxylation is 1. The molecule has 1 fully saturated rings. The van der Waals surface area contributed by atoms with E-state index in [-0.39, 0.29) is 24.3 Å². The van der Waals surface area contributed by atoms with Gasteiger partial charge >= 0.3 is 0 Å². The fourth-order valence-corrected chi connectivity index (χ4v) is 2.62. The van der Waals surface area contributed by atoms with Crippen LogP contribution in [0.25, 0.3) is 0 Å². The van der Waals surface area contributed by atoms with Gasteiger partial charge in [-0.3, -0.25) is 4.90 Å². The Bertz CT molecular complexity index is 445. The minimum absolute atomic E-state index is 0. The van der Waals surface area contributed by atoms with Crippen LogP contribution in [0, 0.1) is 12.7 Å². The Labute approximate surface area is 125 Å². The topological polar surface area (TPSA) is 15.3 Å². The van der Waals surface area contributed by atoms with Crippen LogP contribution in [0.1, 0.15) is 17.2 Å². The van der Waals surface area contributed by atoms with E-state index in [0.29, 0.717) is 10.6 Å². The molecule has 0 radical (unpaired) electrons. The Balaban J connectivity index is 0.00000180. The second-order valence-electron chi connectivity index (χ2n) is 4.56. The van der Waals surface area contributed by atoms with Gasteiger partial charge in [0.05, 0.1) is 11.1 Å². The third-order valence-electron chi connectivity index (χ3n) is 3.38. The normalized spacial score (nSPS) is 17.6. The van der Waals surface area contributed by atoms with Crippen LogP contribution in [0.2, 0.25) is 5.02 Å². The lowest BCUT2D eigenvalue weighted by atomic mass is 10.0. The monoisotopic (exact) mass is 304 g/mol. The number of piperazine rings is 1. The average molecular weight is 305 g/mol. The van der Waals surface area contributed by atoms with Crippen LogP contribution in [-0.2, 0) is 0 Å². The van der Waals surface area contributed by atoms with Crippen molar-refractivity contribution in [2.24, 2.45) is 0 Å². The summed E-state index contributed by atoms with van der Waals surface area (Å²) < 4.78 is 14.0. The van der Waals surface area contributed by atoms with Crippen LogP contribution in [0.3, 0.4) is 0 Å². The van der Waals surface area contributed by atoms with E-state index in [9.17, 15) is 4.39 Å². The first kappa shape index (κ1) is 16.4. The Kier molecular flexibility index (Phi) is 6.27. The van der Waals surface area contributed by atoms with Gasteiger partial charge < -0.3 is 5.32 Å². The van der Waals surface area contributed by atoms with Crippen LogP contribution >= 0.6 is 24.0 Å². The largest absolute Gasteiger partial charge is 0.314 e. The van der Waals surface area contributed by atoms with Crippen LogP contribution in [0.15, 0.2) is 24.8 Å². The van der Waals surface area contributed by atoms with Gasteiger partial charge in [0.1, 0.15) is 5.82 Å². The Hall–Kier alpha value is -0.610. The second kappa shape index (κ2) is 7.25. The molecule has 1 aliphatic rings. The highest BCUT2D eigenvalue weighted by molar-refractivity contribution is 6.32. The Morgan fingerprint density at radius 1 is 1.42 bits per heavy atom. The van der Waals surface area contributed by atoms with Crippen LogP contribution < -0.4 is 5.32 Å². The first-order chi connectivity index (χ1) is 8.65. The number of halogens is 3.